The van der Waals surface area contributed by atoms with Crippen molar-refractivity contribution in [2.75, 3.05) is 18.5 Å². The molecule has 2 saturated heterocycles. The van der Waals surface area contributed by atoms with Crippen molar-refractivity contribution in [2.24, 2.45) is 5.92 Å². The number of nitrogens with one attached hydrogen (secondary N) is 2. The molecule has 2 aliphatic heterocycles. The Bertz CT molecular complexity index is 620. The van der Waals surface area contributed by atoms with E-state index in [4.69, 9.17) is 14.2 Å². The highest BCUT2D eigenvalue weighted by Crippen LogP contribution is 2.29. The van der Waals surface area contributed by atoms with Gasteiger partial charge in [0.15, 0.2) is 6.10 Å². The standard InChI is InChI=1S/C19H26N2O5/c1-3-12(4-2)18(22)21-14-10-24-17-15(11-25-16(14)17)26-19(23)20-13-8-6-5-7-9-13/h5-9,12,14-17H,3-4,10-11H2,1-2H3,(H,20,23)(H,21,22). The molecule has 0 bridgehead atoms. The molecule has 0 aliphatic carbocycles. The Labute approximate surface area is 153 Å². The minimum absolute atomic E-state index is 0.000787. The van der Waals surface area contributed by atoms with Crippen LogP contribution in [0.15, 0.2) is 30.3 Å². The number of amides is 2. The Hall–Kier alpha value is -2.12. The Morgan fingerprint density at radius 3 is 2.50 bits per heavy atom. The fraction of sp³-hybridized carbons (Fsp3) is 0.579. The zero-order valence-electron chi connectivity index (χ0n) is 15.1. The van der Waals surface area contributed by atoms with Gasteiger partial charge in [-0.05, 0) is 25.0 Å². The number of rotatable bonds is 6. The van der Waals surface area contributed by atoms with Crippen molar-refractivity contribution in [1.29, 1.82) is 0 Å². The predicted molar refractivity (Wildman–Crippen MR) is 95.8 cm³/mol. The van der Waals surface area contributed by atoms with Crippen LogP contribution in [0.5, 0.6) is 0 Å². The number of benzene rings is 1. The first-order valence-electron chi connectivity index (χ1n) is 9.18. The minimum atomic E-state index is -0.543. The monoisotopic (exact) mass is 362 g/mol. The number of hydrogen-bond acceptors (Lipinski definition) is 5. The maximum absolute atomic E-state index is 12.3. The van der Waals surface area contributed by atoms with Crippen molar-refractivity contribution in [2.45, 2.75) is 51.0 Å². The van der Waals surface area contributed by atoms with Crippen molar-refractivity contribution >= 4 is 17.7 Å². The lowest BCUT2D eigenvalue weighted by molar-refractivity contribution is -0.126. The zero-order valence-corrected chi connectivity index (χ0v) is 15.1. The quantitative estimate of drug-likeness (QED) is 0.811. The molecule has 7 heteroatoms. The Kier molecular flexibility index (Phi) is 6.11. The molecule has 4 atom stereocenters. The average molecular weight is 362 g/mol. The van der Waals surface area contributed by atoms with Gasteiger partial charge < -0.3 is 19.5 Å². The second-order valence-electron chi connectivity index (χ2n) is 6.66. The largest absolute Gasteiger partial charge is 0.441 e. The van der Waals surface area contributed by atoms with Crippen molar-refractivity contribution in [3.05, 3.63) is 30.3 Å². The van der Waals surface area contributed by atoms with E-state index < -0.39 is 12.2 Å². The Morgan fingerprint density at radius 1 is 1.12 bits per heavy atom. The highest BCUT2D eigenvalue weighted by Gasteiger charge is 2.50. The number of anilines is 1. The number of ether oxygens (including phenoxy) is 3. The van der Waals surface area contributed by atoms with E-state index in [1.54, 1.807) is 12.1 Å². The summed E-state index contributed by atoms with van der Waals surface area (Å²) in [7, 11) is 0. The van der Waals surface area contributed by atoms with Gasteiger partial charge >= 0.3 is 6.09 Å². The molecule has 2 aliphatic rings. The molecule has 1 aromatic carbocycles. The summed E-state index contributed by atoms with van der Waals surface area (Å²) in [5, 5.41) is 5.70. The predicted octanol–water partition coefficient (Wildman–Crippen LogP) is 2.32. The molecule has 2 N–H and O–H groups in total. The van der Waals surface area contributed by atoms with Crippen molar-refractivity contribution in [3.8, 4) is 0 Å². The second-order valence-corrected chi connectivity index (χ2v) is 6.66. The summed E-state index contributed by atoms with van der Waals surface area (Å²) in [6, 6.07) is 8.89. The lowest BCUT2D eigenvalue weighted by Gasteiger charge is -2.20. The summed E-state index contributed by atoms with van der Waals surface area (Å²) in [5.74, 6) is 0.0261. The molecule has 0 aromatic heterocycles. The molecule has 0 saturated carbocycles. The summed E-state index contributed by atoms with van der Waals surface area (Å²) >= 11 is 0. The maximum atomic E-state index is 12.3. The van der Waals surface area contributed by atoms with Crippen LogP contribution in [0, 0.1) is 5.92 Å². The lowest BCUT2D eigenvalue weighted by Crippen LogP contribution is -2.46. The van der Waals surface area contributed by atoms with Gasteiger partial charge in [-0.3, -0.25) is 10.1 Å². The van der Waals surface area contributed by atoms with E-state index in [-0.39, 0.29) is 36.7 Å². The van der Waals surface area contributed by atoms with Crippen LogP contribution in [0.2, 0.25) is 0 Å². The van der Waals surface area contributed by atoms with Gasteiger partial charge in [0.1, 0.15) is 12.2 Å². The SMILES string of the molecule is CCC(CC)C(=O)NC1COC2C(OC(=O)Nc3ccccc3)COC12. The first-order chi connectivity index (χ1) is 12.6. The third-order valence-electron chi connectivity index (χ3n) is 4.97. The van der Waals surface area contributed by atoms with Crippen LogP contribution in [-0.2, 0) is 19.0 Å². The van der Waals surface area contributed by atoms with Gasteiger partial charge in [0.05, 0.1) is 19.3 Å². The van der Waals surface area contributed by atoms with Gasteiger partial charge in [0.2, 0.25) is 5.91 Å². The molecule has 0 radical (unpaired) electrons. The summed E-state index contributed by atoms with van der Waals surface area (Å²) < 4.78 is 17.0. The summed E-state index contributed by atoms with van der Waals surface area (Å²) in [6.45, 7) is 4.63. The fourth-order valence-corrected chi connectivity index (χ4v) is 3.46. The van der Waals surface area contributed by atoms with Crippen LogP contribution < -0.4 is 10.6 Å². The zero-order chi connectivity index (χ0) is 18.5. The molecule has 4 unspecified atom stereocenters. The van der Waals surface area contributed by atoms with Crippen LogP contribution in [0.1, 0.15) is 26.7 Å². The number of para-hydroxylation sites is 1. The van der Waals surface area contributed by atoms with Crippen LogP contribution in [0.4, 0.5) is 10.5 Å². The molecule has 3 rings (SSSR count). The third-order valence-corrected chi connectivity index (χ3v) is 4.97. The number of carbonyl (C=O) groups excluding carboxylic acids is 2. The molecule has 2 fully saturated rings. The molecule has 26 heavy (non-hydrogen) atoms. The highest BCUT2D eigenvalue weighted by molar-refractivity contribution is 5.84. The van der Waals surface area contributed by atoms with E-state index in [1.807, 2.05) is 32.0 Å². The van der Waals surface area contributed by atoms with Crippen LogP contribution >= 0.6 is 0 Å². The third kappa shape index (κ3) is 4.16. The summed E-state index contributed by atoms with van der Waals surface area (Å²) in [5.41, 5.74) is 0.663. The normalized spacial score (nSPS) is 27.2. The smallest absolute Gasteiger partial charge is 0.412 e. The van der Waals surface area contributed by atoms with Gasteiger partial charge in [0, 0.05) is 11.6 Å². The summed E-state index contributed by atoms with van der Waals surface area (Å²) in [4.78, 5) is 24.4. The average Bonchev–Trinajstić information content (AvgIpc) is 3.21. The van der Waals surface area contributed by atoms with E-state index in [0.29, 0.717) is 12.3 Å². The first kappa shape index (κ1) is 18.7. The van der Waals surface area contributed by atoms with E-state index in [9.17, 15) is 9.59 Å². The van der Waals surface area contributed by atoms with E-state index in [0.717, 1.165) is 12.8 Å². The fourth-order valence-electron chi connectivity index (χ4n) is 3.46. The van der Waals surface area contributed by atoms with E-state index in [2.05, 4.69) is 10.6 Å². The lowest BCUT2D eigenvalue weighted by atomic mass is 10.0. The first-order valence-corrected chi connectivity index (χ1v) is 9.18. The number of carbonyl (C=O) groups is 2. The molecule has 2 heterocycles. The molecule has 7 nitrogen and oxygen atoms in total. The van der Waals surface area contributed by atoms with Crippen LogP contribution in [0.25, 0.3) is 0 Å². The van der Waals surface area contributed by atoms with Crippen LogP contribution in [-0.4, -0.2) is 49.6 Å². The molecule has 2 amide bonds. The second kappa shape index (κ2) is 8.51. The van der Waals surface area contributed by atoms with Gasteiger partial charge in [-0.2, -0.15) is 0 Å². The molecular weight excluding hydrogens is 336 g/mol. The molecular formula is C19H26N2O5. The molecule has 1 aromatic rings. The van der Waals surface area contributed by atoms with Gasteiger partial charge in [-0.25, -0.2) is 4.79 Å². The highest BCUT2D eigenvalue weighted by atomic mass is 16.6. The topological polar surface area (TPSA) is 85.9 Å². The van der Waals surface area contributed by atoms with E-state index in [1.165, 1.54) is 0 Å². The Morgan fingerprint density at radius 2 is 1.81 bits per heavy atom. The number of fused-ring (bicyclic) bond motifs is 1. The van der Waals surface area contributed by atoms with Crippen molar-refractivity contribution in [1.82, 2.24) is 5.32 Å². The van der Waals surface area contributed by atoms with E-state index >= 15 is 0 Å². The van der Waals surface area contributed by atoms with Crippen LogP contribution in [0.3, 0.4) is 0 Å². The van der Waals surface area contributed by atoms with Crippen molar-refractivity contribution < 1.29 is 23.8 Å². The molecule has 142 valence electrons. The van der Waals surface area contributed by atoms with Crippen molar-refractivity contribution in [3.63, 3.8) is 0 Å². The minimum Gasteiger partial charge on any atom is -0.441 e. The molecule has 0 spiro atoms. The Balaban J connectivity index is 1.52. The number of hydrogen-bond donors (Lipinski definition) is 2. The summed E-state index contributed by atoms with van der Waals surface area (Å²) in [6.07, 6.45) is -0.0735. The maximum Gasteiger partial charge on any atom is 0.412 e. The van der Waals surface area contributed by atoms with Gasteiger partial charge in [0.25, 0.3) is 0 Å². The van der Waals surface area contributed by atoms with Gasteiger partial charge in [-0.1, -0.05) is 32.0 Å². The van der Waals surface area contributed by atoms with Gasteiger partial charge in [-0.15, -0.1) is 0 Å².